The number of aliphatic imine (C=N–C) groups is 2. The number of hydrogen-bond donors (Lipinski definition) is 1. The summed E-state index contributed by atoms with van der Waals surface area (Å²) < 4.78 is 92.2. The summed E-state index contributed by atoms with van der Waals surface area (Å²) in [5, 5.41) is 7.06. The summed E-state index contributed by atoms with van der Waals surface area (Å²) in [6.07, 6.45) is -1.41. The number of benzene rings is 6. The van der Waals surface area contributed by atoms with Crippen LogP contribution in [0.1, 0.15) is 36.6 Å². The molecule has 0 fully saturated rings. The van der Waals surface area contributed by atoms with Crippen LogP contribution in [-0.2, 0) is 0 Å². The van der Waals surface area contributed by atoms with Crippen molar-refractivity contribution in [1.82, 2.24) is 9.88 Å². The van der Waals surface area contributed by atoms with E-state index in [1.807, 2.05) is 54.6 Å². The summed E-state index contributed by atoms with van der Waals surface area (Å²) in [6, 6.07) is 22.0. The van der Waals surface area contributed by atoms with Gasteiger partial charge in [0.25, 0.3) is 0 Å². The maximum absolute atomic E-state index is 8.62. The van der Waals surface area contributed by atoms with Crippen LogP contribution in [0.25, 0.3) is 49.4 Å². The SMILES string of the molecule is [2H]c1c([2H])c([2H])c(C2=NC(c3c([2H])c([2H])c([2H])c([2H])c3[2H])N=C(c3ccc(-n4c5ccccc5c5c6oc7ccccc7c6ccc54)cc3)N2)c([2H])c1[2H]. The first-order chi connectivity index (χ1) is 26.0. The van der Waals surface area contributed by atoms with Crippen molar-refractivity contribution >= 4 is 55.4 Å². The van der Waals surface area contributed by atoms with Gasteiger partial charge in [0.05, 0.1) is 30.1 Å². The first-order valence-corrected chi connectivity index (χ1v) is 14.0. The molecule has 5 heteroatoms. The van der Waals surface area contributed by atoms with Gasteiger partial charge in [-0.3, -0.25) is 0 Å². The second-order valence-corrected chi connectivity index (χ2v) is 10.3. The van der Waals surface area contributed by atoms with Gasteiger partial charge in [0.15, 0.2) is 6.17 Å². The van der Waals surface area contributed by atoms with Gasteiger partial charge in [-0.15, -0.1) is 0 Å². The molecule has 0 radical (unpaired) electrons. The Morgan fingerprint density at radius 1 is 0.614 bits per heavy atom. The number of nitrogens with one attached hydrogen (secondary N) is 1. The number of amidine groups is 2. The Morgan fingerprint density at radius 2 is 1.30 bits per heavy atom. The summed E-state index contributed by atoms with van der Waals surface area (Å²) in [6.45, 7) is 0. The van der Waals surface area contributed by atoms with E-state index in [0.29, 0.717) is 5.56 Å². The molecule has 1 N–H and O–H groups in total. The maximum atomic E-state index is 8.62. The fourth-order valence-corrected chi connectivity index (χ4v) is 5.89. The molecule has 44 heavy (non-hydrogen) atoms. The highest BCUT2D eigenvalue weighted by Crippen LogP contribution is 2.40. The van der Waals surface area contributed by atoms with Crippen LogP contribution in [0.5, 0.6) is 0 Å². The molecule has 0 spiro atoms. The van der Waals surface area contributed by atoms with Gasteiger partial charge >= 0.3 is 0 Å². The van der Waals surface area contributed by atoms with Crippen molar-refractivity contribution < 1.29 is 18.1 Å². The van der Waals surface area contributed by atoms with Gasteiger partial charge < -0.3 is 14.3 Å². The molecule has 0 aliphatic carbocycles. The Balaban J connectivity index is 1.21. The van der Waals surface area contributed by atoms with E-state index in [4.69, 9.17) is 18.1 Å². The van der Waals surface area contributed by atoms with E-state index in [2.05, 4.69) is 38.1 Å². The summed E-state index contributed by atoms with van der Waals surface area (Å²) in [5.74, 6) is -0.00323. The molecule has 1 aliphatic heterocycles. The number of para-hydroxylation sites is 2. The van der Waals surface area contributed by atoms with E-state index in [9.17, 15) is 0 Å². The molecular weight excluding hydrogens is 540 g/mol. The van der Waals surface area contributed by atoms with Gasteiger partial charge in [0, 0.05) is 33.0 Å². The molecule has 1 aliphatic rings. The molecule has 5 nitrogen and oxygen atoms in total. The summed E-state index contributed by atoms with van der Waals surface area (Å²) in [5.41, 5.74) is 4.34. The minimum Gasteiger partial charge on any atom is -0.455 e. The second-order valence-electron chi connectivity index (χ2n) is 10.3. The third-order valence-electron chi connectivity index (χ3n) is 7.83. The zero-order chi connectivity index (χ0) is 37.7. The van der Waals surface area contributed by atoms with Crippen LogP contribution in [0.4, 0.5) is 0 Å². The zero-order valence-electron chi connectivity index (χ0n) is 32.9. The number of rotatable bonds is 4. The Morgan fingerprint density at radius 3 is 2.09 bits per heavy atom. The highest BCUT2D eigenvalue weighted by atomic mass is 16.3. The van der Waals surface area contributed by atoms with Crippen molar-refractivity contribution in [3.05, 3.63) is 162 Å². The van der Waals surface area contributed by atoms with E-state index in [0.717, 1.165) is 49.4 Å². The Hall–Kier alpha value is -5.94. The topological polar surface area (TPSA) is 54.8 Å². The van der Waals surface area contributed by atoms with E-state index in [1.54, 1.807) is 12.1 Å². The Labute approximate surface area is 267 Å². The third-order valence-corrected chi connectivity index (χ3v) is 7.83. The lowest BCUT2D eigenvalue weighted by Crippen LogP contribution is -2.36. The monoisotopic (exact) mass is 576 g/mol. The quantitative estimate of drug-likeness (QED) is 0.227. The van der Waals surface area contributed by atoms with Gasteiger partial charge in [0.1, 0.15) is 22.8 Å². The number of aromatic nitrogens is 1. The van der Waals surface area contributed by atoms with Gasteiger partial charge in [0.2, 0.25) is 0 Å². The molecule has 6 aromatic carbocycles. The van der Waals surface area contributed by atoms with Gasteiger partial charge in [-0.1, -0.05) is 96.8 Å². The number of fused-ring (bicyclic) bond motifs is 7. The smallest absolute Gasteiger partial charge is 0.169 e. The Kier molecular flexibility index (Phi) is 3.71. The van der Waals surface area contributed by atoms with Crippen LogP contribution in [0.2, 0.25) is 0 Å². The highest BCUT2D eigenvalue weighted by molar-refractivity contribution is 6.24. The molecule has 0 amide bonds. The Bertz CT molecular complexity index is 2930. The van der Waals surface area contributed by atoms with Crippen LogP contribution in [0.3, 0.4) is 0 Å². The van der Waals surface area contributed by atoms with Crippen molar-refractivity contribution in [2.75, 3.05) is 0 Å². The summed E-state index contributed by atoms with van der Waals surface area (Å²) in [4.78, 5) is 9.18. The standard InChI is InChI=1S/C39H26N4O/c1-3-11-25(12-4-1)37-40-38(26-13-5-2-6-14-26)42-39(41-37)27-19-21-28(22-20-27)43-32-17-9-7-16-31(32)35-33(43)24-23-30-29-15-8-10-18-34(29)44-36(30)35/h1-24,37H,(H,40,41,42)/i1D,2D,3D,4D,5D,6D,11D,12D,13D,14D. The molecule has 1 atom stereocenters. The highest BCUT2D eigenvalue weighted by Gasteiger charge is 2.22. The molecule has 0 saturated heterocycles. The van der Waals surface area contributed by atoms with E-state index >= 15 is 0 Å². The van der Waals surface area contributed by atoms with Crippen LogP contribution in [0.15, 0.2) is 160 Å². The molecule has 1 unspecified atom stereocenters. The number of nitrogens with zero attached hydrogens (tertiary/aromatic N) is 3. The van der Waals surface area contributed by atoms with E-state index < -0.39 is 66.6 Å². The fraction of sp³-hybridized carbons (Fsp3) is 0.0256. The lowest BCUT2D eigenvalue weighted by atomic mass is 10.1. The molecule has 3 heterocycles. The molecule has 0 bridgehead atoms. The lowest BCUT2D eigenvalue weighted by molar-refractivity contribution is 0.673. The maximum Gasteiger partial charge on any atom is 0.169 e. The van der Waals surface area contributed by atoms with Gasteiger partial charge in [-0.05, 0) is 54.1 Å². The van der Waals surface area contributed by atoms with E-state index in [-0.39, 0.29) is 22.8 Å². The molecular formula is C39H26N4O. The molecule has 0 saturated carbocycles. The minimum atomic E-state index is -1.41. The molecule has 208 valence electrons. The first kappa shape index (κ1) is 16.6. The van der Waals surface area contributed by atoms with Gasteiger partial charge in [-0.2, -0.15) is 0 Å². The van der Waals surface area contributed by atoms with Crippen LogP contribution < -0.4 is 5.32 Å². The normalized spacial score (nSPS) is 18.2. The van der Waals surface area contributed by atoms with Crippen LogP contribution in [0, 0.1) is 0 Å². The van der Waals surface area contributed by atoms with Gasteiger partial charge in [-0.25, -0.2) is 9.98 Å². The zero-order valence-corrected chi connectivity index (χ0v) is 22.9. The second kappa shape index (κ2) is 9.82. The number of furan rings is 1. The summed E-state index contributed by atoms with van der Waals surface area (Å²) in [7, 11) is 0. The average Bonchev–Trinajstić information content (AvgIpc) is 3.74. The van der Waals surface area contributed by atoms with Crippen molar-refractivity contribution in [2.45, 2.75) is 6.17 Å². The average molecular weight is 577 g/mol. The van der Waals surface area contributed by atoms with E-state index in [1.165, 1.54) is 0 Å². The molecule has 9 rings (SSSR count). The fourth-order valence-electron chi connectivity index (χ4n) is 5.89. The van der Waals surface area contributed by atoms with Crippen molar-refractivity contribution in [1.29, 1.82) is 0 Å². The predicted octanol–water partition coefficient (Wildman–Crippen LogP) is 9.18. The third kappa shape index (κ3) is 3.87. The van der Waals surface area contributed by atoms with Crippen LogP contribution >= 0.6 is 0 Å². The van der Waals surface area contributed by atoms with Crippen LogP contribution in [-0.4, -0.2) is 16.2 Å². The van der Waals surface area contributed by atoms with Crippen molar-refractivity contribution in [2.24, 2.45) is 9.98 Å². The molecule has 2 aromatic heterocycles. The molecule has 8 aromatic rings. The summed E-state index contributed by atoms with van der Waals surface area (Å²) >= 11 is 0. The lowest BCUT2D eigenvalue weighted by Gasteiger charge is -2.22. The first-order valence-electron chi connectivity index (χ1n) is 19.0. The minimum absolute atomic E-state index is 0.154. The van der Waals surface area contributed by atoms with Crippen molar-refractivity contribution in [3.63, 3.8) is 0 Å². The largest absolute Gasteiger partial charge is 0.455 e. The van der Waals surface area contributed by atoms with Crippen molar-refractivity contribution in [3.8, 4) is 5.69 Å². The predicted molar refractivity (Wildman–Crippen MR) is 180 cm³/mol. The number of hydrogen-bond acceptors (Lipinski definition) is 4.